The zero-order valence-electron chi connectivity index (χ0n) is 11.1. The highest BCUT2D eigenvalue weighted by Crippen LogP contribution is 2.34. The highest BCUT2D eigenvalue weighted by Gasteiger charge is 2.30. The van der Waals surface area contributed by atoms with Crippen molar-refractivity contribution in [3.63, 3.8) is 0 Å². The number of aromatic nitrogens is 3. The third kappa shape index (κ3) is 2.57. The Morgan fingerprint density at radius 2 is 2.28 bits per heavy atom. The largest absolute Gasteiger partial charge is 0.380 e. The Morgan fingerprint density at radius 3 is 2.94 bits per heavy atom. The topological polar surface area (TPSA) is 43.2 Å². The predicted molar refractivity (Wildman–Crippen MR) is 67.9 cm³/mol. The fourth-order valence-corrected chi connectivity index (χ4v) is 2.91. The molecule has 0 unspecified atom stereocenters. The Labute approximate surface area is 108 Å². The quantitative estimate of drug-likeness (QED) is 0.804. The van der Waals surface area contributed by atoms with Gasteiger partial charge in [0.1, 0.15) is 12.2 Å². The molecular weight excluding hydrogens is 228 g/mol. The van der Waals surface area contributed by atoms with Gasteiger partial charge in [-0.15, -0.1) is 0 Å². The Bertz CT molecular complexity index is 388. The van der Waals surface area contributed by atoms with Gasteiger partial charge in [0.2, 0.25) is 0 Å². The Hall–Kier alpha value is -0.940. The van der Waals surface area contributed by atoms with E-state index in [1.165, 1.54) is 19.3 Å². The molecule has 1 atom stereocenters. The van der Waals surface area contributed by atoms with Crippen molar-refractivity contribution >= 4 is 0 Å². The molecule has 0 N–H and O–H groups in total. The molecule has 0 amide bonds. The molecule has 0 spiro atoms. The summed E-state index contributed by atoms with van der Waals surface area (Å²) in [5, 5.41) is 4.13. The first-order valence-corrected chi connectivity index (χ1v) is 6.96. The maximum absolute atomic E-state index is 5.76. The van der Waals surface area contributed by atoms with Crippen LogP contribution in [0.2, 0.25) is 0 Å². The van der Waals surface area contributed by atoms with Crippen molar-refractivity contribution in [2.75, 3.05) is 26.3 Å². The summed E-state index contributed by atoms with van der Waals surface area (Å²) >= 11 is 0. The lowest BCUT2D eigenvalue weighted by molar-refractivity contribution is 0.0769. The summed E-state index contributed by atoms with van der Waals surface area (Å²) in [7, 11) is 1.96. The SMILES string of the molecule is Cn1ncnc1CN1CCOC[C@@H](C2CCC2)C1. The van der Waals surface area contributed by atoms with E-state index < -0.39 is 0 Å². The average Bonchev–Trinajstić information content (AvgIpc) is 2.56. The monoisotopic (exact) mass is 250 g/mol. The summed E-state index contributed by atoms with van der Waals surface area (Å²) in [6.45, 7) is 4.84. The number of ether oxygens (including phenoxy) is 1. The van der Waals surface area contributed by atoms with E-state index in [-0.39, 0.29) is 0 Å². The van der Waals surface area contributed by atoms with Gasteiger partial charge in [0.05, 0.1) is 19.8 Å². The molecule has 1 saturated heterocycles. The first-order chi connectivity index (χ1) is 8.83. The minimum atomic E-state index is 0.717. The van der Waals surface area contributed by atoms with Crippen LogP contribution >= 0.6 is 0 Å². The Morgan fingerprint density at radius 1 is 1.39 bits per heavy atom. The van der Waals surface area contributed by atoms with Gasteiger partial charge in [0.15, 0.2) is 0 Å². The second-order valence-electron chi connectivity index (χ2n) is 5.56. The van der Waals surface area contributed by atoms with Crippen molar-refractivity contribution in [1.29, 1.82) is 0 Å². The lowest BCUT2D eigenvalue weighted by Crippen LogP contribution is -2.35. The van der Waals surface area contributed by atoms with Gasteiger partial charge < -0.3 is 4.74 Å². The minimum absolute atomic E-state index is 0.717. The van der Waals surface area contributed by atoms with Gasteiger partial charge in [0, 0.05) is 20.1 Å². The van der Waals surface area contributed by atoms with Crippen molar-refractivity contribution in [2.45, 2.75) is 25.8 Å². The standard InChI is InChI=1S/C13H22N4O/c1-16-13(14-10-15-16)8-17-5-6-18-9-12(7-17)11-3-2-4-11/h10-12H,2-9H2,1H3/t12-/m0/s1. The lowest BCUT2D eigenvalue weighted by atomic mass is 9.76. The zero-order chi connectivity index (χ0) is 12.4. The summed E-state index contributed by atoms with van der Waals surface area (Å²) in [6.07, 6.45) is 5.83. The summed E-state index contributed by atoms with van der Waals surface area (Å²) in [5.74, 6) is 2.66. The van der Waals surface area contributed by atoms with Gasteiger partial charge >= 0.3 is 0 Å². The van der Waals surface area contributed by atoms with E-state index in [1.54, 1.807) is 6.33 Å². The summed E-state index contributed by atoms with van der Waals surface area (Å²) < 4.78 is 7.62. The van der Waals surface area contributed by atoms with Crippen molar-refractivity contribution in [3.05, 3.63) is 12.2 Å². The van der Waals surface area contributed by atoms with E-state index in [2.05, 4.69) is 15.0 Å². The maximum atomic E-state index is 5.76. The van der Waals surface area contributed by atoms with E-state index in [1.807, 2.05) is 11.7 Å². The first-order valence-electron chi connectivity index (χ1n) is 6.96. The highest BCUT2D eigenvalue weighted by molar-refractivity contribution is 4.87. The minimum Gasteiger partial charge on any atom is -0.380 e. The fourth-order valence-electron chi connectivity index (χ4n) is 2.91. The van der Waals surface area contributed by atoms with Crippen LogP contribution in [-0.2, 0) is 18.3 Å². The molecule has 18 heavy (non-hydrogen) atoms. The molecule has 0 aromatic carbocycles. The fraction of sp³-hybridized carbons (Fsp3) is 0.846. The van der Waals surface area contributed by atoms with Crippen LogP contribution in [0.3, 0.4) is 0 Å². The van der Waals surface area contributed by atoms with Gasteiger partial charge in [-0.1, -0.05) is 19.3 Å². The van der Waals surface area contributed by atoms with Crippen molar-refractivity contribution in [3.8, 4) is 0 Å². The molecule has 1 aliphatic carbocycles. The third-order valence-corrected chi connectivity index (χ3v) is 4.36. The van der Waals surface area contributed by atoms with E-state index in [0.29, 0.717) is 0 Å². The Kier molecular flexibility index (Phi) is 3.61. The van der Waals surface area contributed by atoms with Crippen LogP contribution in [0.25, 0.3) is 0 Å². The van der Waals surface area contributed by atoms with Crippen LogP contribution in [0.1, 0.15) is 25.1 Å². The molecule has 1 saturated carbocycles. The van der Waals surface area contributed by atoms with Crippen LogP contribution in [0.5, 0.6) is 0 Å². The molecule has 0 radical (unpaired) electrons. The summed E-state index contributed by atoms with van der Waals surface area (Å²) in [6, 6.07) is 0. The molecule has 1 aromatic rings. The average molecular weight is 250 g/mol. The summed E-state index contributed by atoms with van der Waals surface area (Å²) in [4.78, 5) is 6.79. The predicted octanol–water partition coefficient (Wildman–Crippen LogP) is 1.06. The number of nitrogens with zero attached hydrogens (tertiary/aromatic N) is 4. The van der Waals surface area contributed by atoms with Gasteiger partial charge in [-0.2, -0.15) is 5.10 Å². The van der Waals surface area contributed by atoms with E-state index in [0.717, 1.165) is 50.5 Å². The maximum Gasteiger partial charge on any atom is 0.140 e. The van der Waals surface area contributed by atoms with Crippen LogP contribution in [0.4, 0.5) is 0 Å². The van der Waals surface area contributed by atoms with E-state index >= 15 is 0 Å². The lowest BCUT2D eigenvalue weighted by Gasteiger charge is -2.34. The van der Waals surface area contributed by atoms with Crippen molar-refractivity contribution in [1.82, 2.24) is 19.7 Å². The molecule has 100 valence electrons. The molecule has 2 heterocycles. The van der Waals surface area contributed by atoms with Crippen LogP contribution in [-0.4, -0.2) is 46.0 Å². The number of hydrogen-bond donors (Lipinski definition) is 0. The molecule has 1 aliphatic heterocycles. The molecule has 3 rings (SSSR count). The molecular formula is C13H22N4O. The van der Waals surface area contributed by atoms with Crippen molar-refractivity contribution < 1.29 is 4.74 Å². The molecule has 1 aromatic heterocycles. The smallest absolute Gasteiger partial charge is 0.140 e. The molecule has 5 heteroatoms. The number of hydrogen-bond acceptors (Lipinski definition) is 4. The Balaban J connectivity index is 1.61. The molecule has 2 fully saturated rings. The first kappa shape index (κ1) is 12.1. The molecule has 2 aliphatic rings. The van der Waals surface area contributed by atoms with Gasteiger partial charge in [-0.05, 0) is 11.8 Å². The zero-order valence-corrected chi connectivity index (χ0v) is 11.1. The van der Waals surface area contributed by atoms with Crippen LogP contribution in [0, 0.1) is 11.8 Å². The highest BCUT2D eigenvalue weighted by atomic mass is 16.5. The van der Waals surface area contributed by atoms with Crippen molar-refractivity contribution in [2.24, 2.45) is 18.9 Å². The van der Waals surface area contributed by atoms with Crippen LogP contribution in [0.15, 0.2) is 6.33 Å². The van der Waals surface area contributed by atoms with E-state index in [4.69, 9.17) is 4.74 Å². The van der Waals surface area contributed by atoms with Gasteiger partial charge in [-0.3, -0.25) is 9.58 Å². The number of rotatable bonds is 3. The van der Waals surface area contributed by atoms with Crippen LogP contribution < -0.4 is 0 Å². The summed E-state index contributed by atoms with van der Waals surface area (Å²) in [5.41, 5.74) is 0. The van der Waals surface area contributed by atoms with E-state index in [9.17, 15) is 0 Å². The molecule has 0 bridgehead atoms. The molecule has 5 nitrogen and oxygen atoms in total. The van der Waals surface area contributed by atoms with Gasteiger partial charge in [0.25, 0.3) is 0 Å². The third-order valence-electron chi connectivity index (χ3n) is 4.36. The second kappa shape index (κ2) is 5.36. The van der Waals surface area contributed by atoms with Gasteiger partial charge in [-0.25, -0.2) is 4.98 Å². The second-order valence-corrected chi connectivity index (χ2v) is 5.56. The number of aryl methyl sites for hydroxylation is 1. The normalized spacial score (nSPS) is 26.8.